The van der Waals surface area contributed by atoms with Gasteiger partial charge in [0.05, 0.1) is 11.9 Å². The van der Waals surface area contributed by atoms with E-state index in [9.17, 15) is 8.42 Å². The van der Waals surface area contributed by atoms with Gasteiger partial charge in [-0.3, -0.25) is 4.31 Å². The van der Waals surface area contributed by atoms with Crippen molar-refractivity contribution >= 4 is 21.4 Å². The first-order valence-corrected chi connectivity index (χ1v) is 5.97. The SMILES string of the molecule is Cc1ccc(N)cc1N(C)S(C)(=O)=O. The monoisotopic (exact) mass is 214 g/mol. The third-order valence-electron chi connectivity index (χ3n) is 2.07. The van der Waals surface area contributed by atoms with Crippen LogP contribution >= 0.6 is 0 Å². The number of hydrogen-bond donors (Lipinski definition) is 1. The van der Waals surface area contributed by atoms with Crippen LogP contribution in [-0.4, -0.2) is 21.7 Å². The van der Waals surface area contributed by atoms with E-state index in [0.29, 0.717) is 11.4 Å². The van der Waals surface area contributed by atoms with Crippen molar-refractivity contribution in [3.8, 4) is 0 Å². The van der Waals surface area contributed by atoms with Crippen molar-refractivity contribution in [2.24, 2.45) is 0 Å². The molecule has 0 saturated heterocycles. The fourth-order valence-electron chi connectivity index (χ4n) is 1.14. The Labute approximate surface area is 84.4 Å². The van der Waals surface area contributed by atoms with E-state index in [1.807, 2.05) is 6.92 Å². The molecule has 14 heavy (non-hydrogen) atoms. The molecule has 0 amide bonds. The van der Waals surface area contributed by atoms with Gasteiger partial charge in [-0.2, -0.15) is 0 Å². The third-order valence-corrected chi connectivity index (χ3v) is 3.26. The van der Waals surface area contributed by atoms with Gasteiger partial charge in [-0.1, -0.05) is 6.07 Å². The van der Waals surface area contributed by atoms with Crippen molar-refractivity contribution in [3.05, 3.63) is 23.8 Å². The summed E-state index contributed by atoms with van der Waals surface area (Å²) in [6.07, 6.45) is 1.16. The minimum absolute atomic E-state index is 0.557. The number of rotatable bonds is 2. The first kappa shape index (κ1) is 10.8. The van der Waals surface area contributed by atoms with E-state index in [4.69, 9.17) is 5.73 Å². The van der Waals surface area contributed by atoms with Gasteiger partial charge in [-0.15, -0.1) is 0 Å². The molecule has 0 aliphatic carbocycles. The molecule has 1 aromatic carbocycles. The Kier molecular flexibility index (Phi) is 2.71. The van der Waals surface area contributed by atoms with Gasteiger partial charge in [-0.05, 0) is 24.6 Å². The summed E-state index contributed by atoms with van der Waals surface area (Å²) in [5.41, 5.74) is 7.64. The Hall–Kier alpha value is -1.23. The van der Waals surface area contributed by atoms with E-state index in [2.05, 4.69) is 0 Å². The topological polar surface area (TPSA) is 63.4 Å². The molecule has 78 valence electrons. The Bertz CT molecular complexity index is 440. The van der Waals surface area contributed by atoms with E-state index < -0.39 is 10.0 Å². The van der Waals surface area contributed by atoms with Crippen LogP contribution in [0.5, 0.6) is 0 Å². The maximum Gasteiger partial charge on any atom is 0.232 e. The molecule has 4 nitrogen and oxygen atoms in total. The third kappa shape index (κ3) is 2.17. The van der Waals surface area contributed by atoms with Crippen molar-refractivity contribution in [2.45, 2.75) is 6.92 Å². The van der Waals surface area contributed by atoms with Gasteiger partial charge in [0.2, 0.25) is 10.0 Å². The summed E-state index contributed by atoms with van der Waals surface area (Å²) in [5.74, 6) is 0. The number of hydrogen-bond acceptors (Lipinski definition) is 3. The standard InChI is InChI=1S/C9H14N2O2S/c1-7-4-5-8(10)6-9(7)11(2)14(3,12)13/h4-6H,10H2,1-3H3. The maximum absolute atomic E-state index is 11.3. The van der Waals surface area contributed by atoms with Crippen LogP contribution in [0.2, 0.25) is 0 Å². The molecule has 0 heterocycles. The molecule has 0 unspecified atom stereocenters. The van der Waals surface area contributed by atoms with Crippen LogP contribution in [0.4, 0.5) is 11.4 Å². The zero-order valence-corrected chi connectivity index (χ0v) is 9.30. The number of nitrogen functional groups attached to an aromatic ring is 1. The number of nitrogens with two attached hydrogens (primary N) is 1. The molecule has 1 rings (SSSR count). The largest absolute Gasteiger partial charge is 0.399 e. The van der Waals surface area contributed by atoms with Crippen LogP contribution in [0.1, 0.15) is 5.56 Å². The molecule has 0 aliphatic heterocycles. The molecule has 0 aromatic heterocycles. The van der Waals surface area contributed by atoms with Gasteiger partial charge in [0.25, 0.3) is 0 Å². The molecule has 0 saturated carbocycles. The summed E-state index contributed by atoms with van der Waals surface area (Å²) < 4.78 is 23.8. The molecule has 0 atom stereocenters. The lowest BCUT2D eigenvalue weighted by Gasteiger charge is -2.19. The number of nitrogens with zero attached hydrogens (tertiary/aromatic N) is 1. The van der Waals surface area contributed by atoms with Crippen LogP contribution in [0.15, 0.2) is 18.2 Å². The van der Waals surface area contributed by atoms with E-state index in [0.717, 1.165) is 11.8 Å². The lowest BCUT2D eigenvalue weighted by molar-refractivity contribution is 0.600. The summed E-state index contributed by atoms with van der Waals surface area (Å²) in [4.78, 5) is 0. The van der Waals surface area contributed by atoms with Gasteiger partial charge >= 0.3 is 0 Å². The fraction of sp³-hybridized carbons (Fsp3) is 0.333. The molecule has 0 spiro atoms. The quantitative estimate of drug-likeness (QED) is 0.746. The second-order valence-electron chi connectivity index (χ2n) is 3.28. The van der Waals surface area contributed by atoms with Gasteiger partial charge in [-0.25, -0.2) is 8.42 Å². The molecular weight excluding hydrogens is 200 g/mol. The molecule has 0 aliphatic rings. The number of aryl methyl sites for hydroxylation is 1. The van der Waals surface area contributed by atoms with Crippen LogP contribution in [0, 0.1) is 6.92 Å². The Morgan fingerprint density at radius 3 is 2.43 bits per heavy atom. The van der Waals surface area contributed by atoms with Crippen molar-refractivity contribution in [1.82, 2.24) is 0 Å². The summed E-state index contributed by atoms with van der Waals surface area (Å²) in [6.45, 7) is 1.84. The van der Waals surface area contributed by atoms with E-state index in [-0.39, 0.29) is 0 Å². The van der Waals surface area contributed by atoms with Crippen molar-refractivity contribution < 1.29 is 8.42 Å². The molecule has 0 radical (unpaired) electrons. The minimum atomic E-state index is -3.22. The lowest BCUT2D eigenvalue weighted by atomic mass is 10.2. The zero-order chi connectivity index (χ0) is 10.9. The molecule has 2 N–H and O–H groups in total. The average Bonchev–Trinajstić information content (AvgIpc) is 2.06. The smallest absolute Gasteiger partial charge is 0.232 e. The maximum atomic E-state index is 11.3. The predicted molar refractivity (Wildman–Crippen MR) is 58.8 cm³/mol. The van der Waals surface area contributed by atoms with Gasteiger partial charge in [0.15, 0.2) is 0 Å². The highest BCUT2D eigenvalue weighted by molar-refractivity contribution is 7.92. The number of sulfonamides is 1. The summed E-state index contributed by atoms with van der Waals surface area (Å²) >= 11 is 0. The number of benzene rings is 1. The molecule has 1 aromatic rings. The normalized spacial score (nSPS) is 11.4. The van der Waals surface area contributed by atoms with E-state index in [1.165, 1.54) is 11.4 Å². The van der Waals surface area contributed by atoms with Crippen LogP contribution < -0.4 is 10.0 Å². The molecule has 5 heteroatoms. The van der Waals surface area contributed by atoms with Crippen molar-refractivity contribution in [3.63, 3.8) is 0 Å². The Morgan fingerprint density at radius 2 is 1.93 bits per heavy atom. The van der Waals surface area contributed by atoms with E-state index >= 15 is 0 Å². The minimum Gasteiger partial charge on any atom is -0.399 e. The van der Waals surface area contributed by atoms with Crippen LogP contribution in [0.3, 0.4) is 0 Å². The molecule has 0 bridgehead atoms. The fourth-order valence-corrected chi connectivity index (χ4v) is 1.70. The van der Waals surface area contributed by atoms with Gasteiger partial charge in [0, 0.05) is 12.7 Å². The van der Waals surface area contributed by atoms with E-state index in [1.54, 1.807) is 18.2 Å². The summed E-state index contributed by atoms with van der Waals surface area (Å²) in [5, 5.41) is 0. The van der Waals surface area contributed by atoms with Crippen molar-refractivity contribution in [1.29, 1.82) is 0 Å². The van der Waals surface area contributed by atoms with Crippen LogP contribution in [0.25, 0.3) is 0 Å². The highest BCUT2D eigenvalue weighted by atomic mass is 32.2. The highest BCUT2D eigenvalue weighted by Gasteiger charge is 2.13. The average molecular weight is 214 g/mol. The zero-order valence-electron chi connectivity index (χ0n) is 8.48. The first-order chi connectivity index (χ1) is 6.32. The highest BCUT2D eigenvalue weighted by Crippen LogP contribution is 2.23. The van der Waals surface area contributed by atoms with Gasteiger partial charge < -0.3 is 5.73 Å². The second-order valence-corrected chi connectivity index (χ2v) is 5.29. The second kappa shape index (κ2) is 3.49. The molecule has 0 fully saturated rings. The number of anilines is 2. The van der Waals surface area contributed by atoms with Gasteiger partial charge in [0.1, 0.15) is 0 Å². The molecular formula is C9H14N2O2S. The lowest BCUT2D eigenvalue weighted by Crippen LogP contribution is -2.25. The summed E-state index contributed by atoms with van der Waals surface area (Å²) in [6, 6.07) is 5.19. The Morgan fingerprint density at radius 1 is 1.36 bits per heavy atom. The predicted octanol–water partition coefficient (Wildman–Crippen LogP) is 0.973. The van der Waals surface area contributed by atoms with Crippen LogP contribution in [-0.2, 0) is 10.0 Å². The summed E-state index contributed by atoms with van der Waals surface area (Å²) in [7, 11) is -1.71. The Balaban J connectivity index is 3.26. The first-order valence-electron chi connectivity index (χ1n) is 4.12. The van der Waals surface area contributed by atoms with Crippen molar-refractivity contribution in [2.75, 3.05) is 23.3 Å².